The second-order valence-electron chi connectivity index (χ2n) is 3.79. The topological polar surface area (TPSA) is 65.2 Å². The van der Waals surface area contributed by atoms with Gasteiger partial charge in [0.05, 0.1) is 11.5 Å². The first kappa shape index (κ1) is 11.9. The molecule has 0 spiro atoms. The van der Waals surface area contributed by atoms with Crippen LogP contribution in [0.15, 0.2) is 34.9 Å². The molecule has 19 heavy (non-hydrogen) atoms. The lowest BCUT2D eigenvalue weighted by atomic mass is 10.2. The molecule has 3 rings (SSSR count). The molecule has 0 radical (unpaired) electrons. The first-order valence-corrected chi connectivity index (χ1v) is 6.59. The molecule has 0 amide bonds. The van der Waals surface area contributed by atoms with Crippen LogP contribution in [-0.2, 0) is 4.74 Å². The zero-order valence-corrected chi connectivity index (χ0v) is 10.9. The smallest absolute Gasteiger partial charge is 0.379 e. The molecule has 2 aromatic heterocycles. The van der Waals surface area contributed by atoms with Crippen molar-refractivity contribution in [1.82, 2.24) is 10.1 Å². The maximum absolute atomic E-state index is 11.5. The lowest BCUT2D eigenvalue weighted by Gasteiger charge is -1.93. The molecule has 3 aromatic rings. The third kappa shape index (κ3) is 2.22. The molecule has 0 aliphatic rings. The van der Waals surface area contributed by atoms with Crippen LogP contribution < -0.4 is 0 Å². The van der Waals surface area contributed by atoms with Crippen LogP contribution in [0.3, 0.4) is 0 Å². The molecule has 0 fully saturated rings. The van der Waals surface area contributed by atoms with Crippen molar-refractivity contribution >= 4 is 27.4 Å². The second-order valence-corrected chi connectivity index (χ2v) is 4.88. The van der Waals surface area contributed by atoms with Gasteiger partial charge in [-0.3, -0.25) is 0 Å². The van der Waals surface area contributed by atoms with Gasteiger partial charge in [0, 0.05) is 4.70 Å². The molecule has 0 atom stereocenters. The van der Waals surface area contributed by atoms with Gasteiger partial charge in [-0.1, -0.05) is 18.2 Å². The van der Waals surface area contributed by atoms with E-state index in [1.54, 1.807) is 18.3 Å². The van der Waals surface area contributed by atoms with Crippen molar-refractivity contribution in [1.29, 1.82) is 0 Å². The Bertz CT molecular complexity index is 699. The highest BCUT2D eigenvalue weighted by atomic mass is 32.1. The number of aromatic nitrogens is 2. The summed E-state index contributed by atoms with van der Waals surface area (Å²) in [4.78, 5) is 16.3. The molecule has 96 valence electrons. The fourth-order valence-corrected chi connectivity index (χ4v) is 2.67. The number of rotatable bonds is 3. The first-order chi connectivity index (χ1) is 9.28. The van der Waals surface area contributed by atoms with Crippen LogP contribution in [-0.4, -0.2) is 22.7 Å². The van der Waals surface area contributed by atoms with Crippen LogP contribution in [0.5, 0.6) is 0 Å². The molecule has 0 bridgehead atoms. The predicted octanol–water partition coefficient (Wildman–Crippen LogP) is 3.13. The number of carbonyl (C=O) groups is 1. The van der Waals surface area contributed by atoms with Gasteiger partial charge in [-0.05, 0) is 29.6 Å². The number of fused-ring (bicyclic) bond motifs is 1. The maximum atomic E-state index is 11.5. The van der Waals surface area contributed by atoms with Gasteiger partial charge in [0.15, 0.2) is 0 Å². The van der Waals surface area contributed by atoms with E-state index in [9.17, 15) is 4.79 Å². The predicted molar refractivity (Wildman–Crippen MR) is 71.1 cm³/mol. The van der Waals surface area contributed by atoms with Crippen LogP contribution >= 0.6 is 11.3 Å². The molecule has 2 heterocycles. The summed E-state index contributed by atoms with van der Waals surface area (Å²) < 4.78 is 11.0. The van der Waals surface area contributed by atoms with Crippen molar-refractivity contribution in [2.75, 3.05) is 6.61 Å². The van der Waals surface area contributed by atoms with E-state index < -0.39 is 5.97 Å². The molecule has 0 saturated heterocycles. The minimum atomic E-state index is -0.571. The van der Waals surface area contributed by atoms with E-state index in [1.165, 1.54) is 0 Å². The van der Waals surface area contributed by atoms with Gasteiger partial charge in [-0.2, -0.15) is 4.98 Å². The molecular weight excluding hydrogens is 264 g/mol. The number of hydrogen-bond acceptors (Lipinski definition) is 6. The monoisotopic (exact) mass is 274 g/mol. The van der Waals surface area contributed by atoms with Gasteiger partial charge in [0.1, 0.15) is 0 Å². The summed E-state index contributed by atoms with van der Waals surface area (Å²) in [6, 6.07) is 9.93. The van der Waals surface area contributed by atoms with Crippen molar-refractivity contribution in [3.05, 3.63) is 36.2 Å². The van der Waals surface area contributed by atoms with Crippen molar-refractivity contribution in [2.45, 2.75) is 6.92 Å². The van der Waals surface area contributed by atoms with Gasteiger partial charge in [0.2, 0.25) is 0 Å². The molecule has 0 unspecified atom stereocenters. The lowest BCUT2D eigenvalue weighted by Crippen LogP contribution is -2.06. The fourth-order valence-electron chi connectivity index (χ4n) is 1.69. The van der Waals surface area contributed by atoms with Crippen molar-refractivity contribution in [3.8, 4) is 10.8 Å². The summed E-state index contributed by atoms with van der Waals surface area (Å²) in [5.41, 5.74) is 0. The highest BCUT2D eigenvalue weighted by Gasteiger charge is 2.17. The fraction of sp³-hybridized carbons (Fsp3) is 0.154. The third-order valence-electron chi connectivity index (χ3n) is 2.52. The third-order valence-corrected chi connectivity index (χ3v) is 3.62. The molecule has 5 nitrogen and oxygen atoms in total. The Morgan fingerprint density at radius 3 is 3.05 bits per heavy atom. The van der Waals surface area contributed by atoms with Crippen LogP contribution in [0.4, 0.5) is 0 Å². The average molecular weight is 274 g/mol. The number of nitrogens with zero attached hydrogens (tertiary/aromatic N) is 2. The van der Waals surface area contributed by atoms with Gasteiger partial charge < -0.3 is 9.26 Å². The zero-order valence-electron chi connectivity index (χ0n) is 10.1. The summed E-state index contributed by atoms with van der Waals surface area (Å²) in [7, 11) is 0. The number of thiophene rings is 1. The van der Waals surface area contributed by atoms with E-state index in [0.717, 1.165) is 15.0 Å². The SMILES string of the molecule is CCOC(=O)c1noc(-c2cc3ccccc3s2)n1. The highest BCUT2D eigenvalue weighted by Crippen LogP contribution is 2.32. The first-order valence-electron chi connectivity index (χ1n) is 5.77. The molecule has 0 aliphatic heterocycles. The minimum Gasteiger partial charge on any atom is -0.460 e. The standard InChI is InChI=1S/C13H10N2O3S/c1-2-17-13(16)11-14-12(18-15-11)10-7-8-5-3-4-6-9(8)19-10/h3-7H,2H2,1H3. The maximum Gasteiger partial charge on any atom is 0.379 e. The Labute approximate surface area is 112 Å². The Morgan fingerprint density at radius 1 is 1.42 bits per heavy atom. The number of carbonyl (C=O) groups excluding carboxylic acids is 1. The summed E-state index contributed by atoms with van der Waals surface area (Å²) in [6.07, 6.45) is 0. The number of benzene rings is 1. The minimum absolute atomic E-state index is 0.0469. The van der Waals surface area contributed by atoms with Gasteiger partial charge in [-0.25, -0.2) is 4.79 Å². The Morgan fingerprint density at radius 2 is 2.26 bits per heavy atom. The number of esters is 1. The largest absolute Gasteiger partial charge is 0.460 e. The quantitative estimate of drug-likeness (QED) is 0.686. The normalized spacial score (nSPS) is 10.8. The van der Waals surface area contributed by atoms with Crippen LogP contribution in [0.25, 0.3) is 20.9 Å². The van der Waals surface area contributed by atoms with Gasteiger partial charge in [-0.15, -0.1) is 11.3 Å². The van der Waals surface area contributed by atoms with Crippen molar-refractivity contribution < 1.29 is 14.1 Å². The molecule has 1 aromatic carbocycles. The van der Waals surface area contributed by atoms with Crippen molar-refractivity contribution in [3.63, 3.8) is 0 Å². The molecule has 0 N–H and O–H groups in total. The van der Waals surface area contributed by atoms with Gasteiger partial charge in [0.25, 0.3) is 11.7 Å². The second kappa shape index (κ2) is 4.81. The van der Waals surface area contributed by atoms with Crippen LogP contribution in [0.2, 0.25) is 0 Å². The average Bonchev–Trinajstić information content (AvgIpc) is 3.05. The number of hydrogen-bond donors (Lipinski definition) is 0. The van der Waals surface area contributed by atoms with E-state index in [1.807, 2.05) is 30.3 Å². The van der Waals surface area contributed by atoms with E-state index in [-0.39, 0.29) is 12.4 Å². The Hall–Kier alpha value is -2.21. The lowest BCUT2D eigenvalue weighted by molar-refractivity contribution is 0.0508. The van der Waals surface area contributed by atoms with Crippen molar-refractivity contribution in [2.24, 2.45) is 0 Å². The Balaban J connectivity index is 1.96. The van der Waals surface area contributed by atoms with E-state index >= 15 is 0 Å². The molecule has 0 aliphatic carbocycles. The molecular formula is C13H10N2O3S. The zero-order chi connectivity index (χ0) is 13.2. The number of ether oxygens (including phenoxy) is 1. The van der Waals surface area contributed by atoms with E-state index in [2.05, 4.69) is 10.1 Å². The van der Waals surface area contributed by atoms with Gasteiger partial charge >= 0.3 is 5.97 Å². The summed E-state index contributed by atoms with van der Waals surface area (Å²) in [5.74, 6) is -0.280. The van der Waals surface area contributed by atoms with Crippen LogP contribution in [0.1, 0.15) is 17.5 Å². The molecule has 6 heteroatoms. The highest BCUT2D eigenvalue weighted by molar-refractivity contribution is 7.22. The molecule has 0 saturated carbocycles. The van der Waals surface area contributed by atoms with Crippen LogP contribution in [0, 0.1) is 0 Å². The summed E-state index contributed by atoms with van der Waals surface area (Å²) >= 11 is 1.54. The van der Waals surface area contributed by atoms with E-state index in [0.29, 0.717) is 5.89 Å². The summed E-state index contributed by atoms with van der Waals surface area (Å²) in [5, 5.41) is 4.74. The Kier molecular flexibility index (Phi) is 3.00. The summed E-state index contributed by atoms with van der Waals surface area (Å²) in [6.45, 7) is 2.01. The van der Waals surface area contributed by atoms with E-state index in [4.69, 9.17) is 9.26 Å².